The van der Waals surface area contributed by atoms with E-state index < -0.39 is 0 Å². The molecule has 0 atom stereocenters. The minimum absolute atomic E-state index is 0.0483. The van der Waals surface area contributed by atoms with Gasteiger partial charge in [-0.3, -0.25) is 9.36 Å². The van der Waals surface area contributed by atoms with Crippen LogP contribution in [0.5, 0.6) is 5.75 Å². The van der Waals surface area contributed by atoms with E-state index in [1.54, 1.807) is 22.8 Å². The molecule has 0 amide bonds. The molecule has 0 aliphatic carbocycles. The maximum absolute atomic E-state index is 12.2. The van der Waals surface area contributed by atoms with Gasteiger partial charge in [0.25, 0.3) is 5.56 Å². The van der Waals surface area contributed by atoms with Crippen molar-refractivity contribution in [2.24, 2.45) is 0 Å². The van der Waals surface area contributed by atoms with Gasteiger partial charge in [0.05, 0.1) is 12.1 Å². The highest BCUT2D eigenvalue weighted by Crippen LogP contribution is 2.21. The average molecular weight is 264 g/mol. The van der Waals surface area contributed by atoms with Crippen LogP contribution in [-0.2, 0) is 0 Å². The Bertz CT molecular complexity index is 791. The molecule has 0 saturated carbocycles. The molecular formula is C17H14NO2. The van der Waals surface area contributed by atoms with Crippen molar-refractivity contribution in [3.63, 3.8) is 0 Å². The Morgan fingerprint density at radius 2 is 1.90 bits per heavy atom. The predicted octanol–water partition coefficient (Wildman–Crippen LogP) is 3.19. The van der Waals surface area contributed by atoms with Gasteiger partial charge in [0, 0.05) is 17.1 Å². The number of benzene rings is 2. The summed E-state index contributed by atoms with van der Waals surface area (Å²) in [4.78, 5) is 12.2. The van der Waals surface area contributed by atoms with Crippen LogP contribution in [0.1, 0.15) is 6.92 Å². The van der Waals surface area contributed by atoms with Crippen molar-refractivity contribution < 1.29 is 4.74 Å². The first-order valence-electron chi connectivity index (χ1n) is 6.54. The first-order valence-corrected chi connectivity index (χ1v) is 6.54. The smallest absolute Gasteiger partial charge is 0.255 e. The molecule has 1 radical (unpaired) electrons. The van der Waals surface area contributed by atoms with Gasteiger partial charge in [-0.25, -0.2) is 0 Å². The third-order valence-corrected chi connectivity index (χ3v) is 3.14. The van der Waals surface area contributed by atoms with Gasteiger partial charge >= 0.3 is 0 Å². The molecule has 0 N–H and O–H groups in total. The van der Waals surface area contributed by atoms with Crippen molar-refractivity contribution in [2.45, 2.75) is 6.92 Å². The molecule has 99 valence electrons. The summed E-state index contributed by atoms with van der Waals surface area (Å²) in [6, 6.07) is 19.5. The molecule has 2 aromatic carbocycles. The molecule has 3 heteroatoms. The number of pyridine rings is 1. The van der Waals surface area contributed by atoms with Crippen molar-refractivity contribution in [3.8, 4) is 11.4 Å². The Balaban J connectivity index is 2.26. The van der Waals surface area contributed by atoms with Crippen molar-refractivity contribution >= 4 is 10.9 Å². The number of ether oxygens (including phenoxy) is 1. The molecule has 0 saturated heterocycles. The summed E-state index contributed by atoms with van der Waals surface area (Å²) in [5.74, 6) is 0.812. The van der Waals surface area contributed by atoms with Crippen molar-refractivity contribution in [3.05, 3.63) is 71.0 Å². The SMILES string of the molecule is CCOc1ccc2c(ccc(=O)n2-c2cc[c]cc2)c1. The fourth-order valence-electron chi connectivity index (χ4n) is 2.27. The monoisotopic (exact) mass is 264 g/mol. The molecule has 0 fully saturated rings. The topological polar surface area (TPSA) is 31.2 Å². The second-order valence-electron chi connectivity index (χ2n) is 4.42. The van der Waals surface area contributed by atoms with Gasteiger partial charge in [0.1, 0.15) is 5.75 Å². The number of rotatable bonds is 3. The highest BCUT2D eigenvalue weighted by Gasteiger charge is 2.06. The zero-order chi connectivity index (χ0) is 13.9. The maximum atomic E-state index is 12.2. The molecule has 1 heterocycles. The molecule has 3 nitrogen and oxygen atoms in total. The van der Waals surface area contributed by atoms with Crippen LogP contribution in [0.2, 0.25) is 0 Å². The van der Waals surface area contributed by atoms with E-state index in [0.717, 1.165) is 22.3 Å². The van der Waals surface area contributed by atoms with Crippen molar-refractivity contribution in [2.75, 3.05) is 6.61 Å². The number of hydrogen-bond donors (Lipinski definition) is 0. The van der Waals surface area contributed by atoms with Gasteiger partial charge in [-0.1, -0.05) is 12.1 Å². The van der Waals surface area contributed by atoms with Gasteiger partial charge in [0.15, 0.2) is 0 Å². The first-order chi connectivity index (χ1) is 9.79. The number of nitrogens with zero attached hydrogens (tertiary/aromatic N) is 1. The lowest BCUT2D eigenvalue weighted by atomic mass is 10.2. The second kappa shape index (κ2) is 5.21. The normalized spacial score (nSPS) is 10.7. The Labute approximate surface area is 117 Å². The summed E-state index contributed by atoms with van der Waals surface area (Å²) in [5, 5.41) is 0.975. The van der Waals surface area contributed by atoms with E-state index in [9.17, 15) is 4.79 Å². The van der Waals surface area contributed by atoms with Gasteiger partial charge < -0.3 is 4.74 Å². The van der Waals surface area contributed by atoms with E-state index in [1.165, 1.54) is 0 Å². The summed E-state index contributed by atoms with van der Waals surface area (Å²) in [7, 11) is 0. The lowest BCUT2D eigenvalue weighted by Gasteiger charge is -2.11. The van der Waals surface area contributed by atoms with Crippen molar-refractivity contribution in [1.82, 2.24) is 4.57 Å². The van der Waals surface area contributed by atoms with E-state index in [2.05, 4.69) is 6.07 Å². The van der Waals surface area contributed by atoms with Gasteiger partial charge in [-0.05, 0) is 49.4 Å². The molecule has 20 heavy (non-hydrogen) atoms. The molecule has 0 spiro atoms. The average Bonchev–Trinajstić information content (AvgIpc) is 2.48. The second-order valence-corrected chi connectivity index (χ2v) is 4.42. The standard InChI is InChI=1S/C17H14NO2/c1-2-20-15-9-10-16-13(12-15)8-11-17(19)18(16)14-6-4-3-5-7-14/h4-12H,2H2,1H3. The zero-order valence-electron chi connectivity index (χ0n) is 11.2. The molecule has 0 aliphatic rings. The summed E-state index contributed by atoms with van der Waals surface area (Å²) in [6.07, 6.45) is 0. The molecular weight excluding hydrogens is 250 g/mol. The number of aromatic nitrogens is 1. The Morgan fingerprint density at radius 1 is 1.10 bits per heavy atom. The van der Waals surface area contributed by atoms with Crippen LogP contribution in [0.25, 0.3) is 16.6 Å². The summed E-state index contributed by atoms with van der Waals surface area (Å²) in [5.41, 5.74) is 1.66. The molecule has 3 aromatic rings. The van der Waals surface area contributed by atoms with E-state index >= 15 is 0 Å². The molecule has 3 rings (SSSR count). The fraction of sp³-hybridized carbons (Fsp3) is 0.118. The summed E-state index contributed by atoms with van der Waals surface area (Å²) in [6.45, 7) is 2.57. The number of fused-ring (bicyclic) bond motifs is 1. The lowest BCUT2D eigenvalue weighted by Crippen LogP contribution is -2.17. The maximum Gasteiger partial charge on any atom is 0.255 e. The fourth-order valence-corrected chi connectivity index (χ4v) is 2.27. The van der Waals surface area contributed by atoms with E-state index in [-0.39, 0.29) is 5.56 Å². The first kappa shape index (κ1) is 12.5. The van der Waals surface area contributed by atoms with Gasteiger partial charge in [-0.15, -0.1) is 0 Å². The Morgan fingerprint density at radius 3 is 2.65 bits per heavy atom. The molecule has 0 unspecified atom stereocenters. The summed E-state index contributed by atoms with van der Waals surface area (Å²) >= 11 is 0. The van der Waals surface area contributed by atoms with E-state index in [4.69, 9.17) is 4.74 Å². The molecule has 1 aromatic heterocycles. The van der Waals surface area contributed by atoms with Crippen molar-refractivity contribution in [1.29, 1.82) is 0 Å². The van der Waals surface area contributed by atoms with E-state index in [0.29, 0.717) is 6.61 Å². The van der Waals surface area contributed by atoms with Crippen LogP contribution >= 0.6 is 0 Å². The summed E-state index contributed by atoms with van der Waals surface area (Å²) < 4.78 is 7.19. The van der Waals surface area contributed by atoms with Crippen LogP contribution in [0, 0.1) is 6.07 Å². The quantitative estimate of drug-likeness (QED) is 0.727. The van der Waals surface area contributed by atoms with Crippen LogP contribution in [0.3, 0.4) is 0 Å². The Hall–Kier alpha value is -2.55. The van der Waals surface area contributed by atoms with Crippen LogP contribution < -0.4 is 10.3 Å². The number of hydrogen-bond acceptors (Lipinski definition) is 2. The van der Waals surface area contributed by atoms with Gasteiger partial charge in [0.2, 0.25) is 0 Å². The minimum Gasteiger partial charge on any atom is -0.494 e. The van der Waals surface area contributed by atoms with Crippen LogP contribution in [0.4, 0.5) is 0 Å². The zero-order valence-corrected chi connectivity index (χ0v) is 11.2. The minimum atomic E-state index is -0.0483. The molecule has 0 bridgehead atoms. The third-order valence-electron chi connectivity index (χ3n) is 3.14. The van der Waals surface area contributed by atoms with Crippen LogP contribution in [0.15, 0.2) is 59.4 Å². The highest BCUT2D eigenvalue weighted by molar-refractivity contribution is 5.82. The largest absolute Gasteiger partial charge is 0.494 e. The highest BCUT2D eigenvalue weighted by atomic mass is 16.5. The Kier molecular flexibility index (Phi) is 3.25. The van der Waals surface area contributed by atoms with Gasteiger partial charge in [-0.2, -0.15) is 0 Å². The third kappa shape index (κ3) is 2.18. The predicted molar refractivity (Wildman–Crippen MR) is 79.6 cm³/mol. The van der Waals surface area contributed by atoms with Crippen LogP contribution in [-0.4, -0.2) is 11.2 Å². The molecule has 0 aliphatic heterocycles. The lowest BCUT2D eigenvalue weighted by molar-refractivity contribution is 0.340. The van der Waals surface area contributed by atoms with E-state index in [1.807, 2.05) is 43.3 Å².